The highest BCUT2D eigenvalue weighted by Crippen LogP contribution is 2.30. The summed E-state index contributed by atoms with van der Waals surface area (Å²) in [5, 5.41) is 19.5. The van der Waals surface area contributed by atoms with Gasteiger partial charge in [0.1, 0.15) is 5.69 Å². The molecule has 0 radical (unpaired) electrons. The average molecular weight is 537 g/mol. The number of amides is 1. The maximum atomic E-state index is 13.5. The zero-order valence-electron chi connectivity index (χ0n) is 20.9. The zero-order valence-corrected chi connectivity index (χ0v) is 21.7. The van der Waals surface area contributed by atoms with Crippen molar-refractivity contribution in [1.82, 2.24) is 15.1 Å². The fourth-order valence-electron chi connectivity index (χ4n) is 4.60. The van der Waals surface area contributed by atoms with Crippen molar-refractivity contribution < 1.29 is 9.72 Å². The van der Waals surface area contributed by atoms with Crippen molar-refractivity contribution in [3.8, 4) is 16.9 Å². The van der Waals surface area contributed by atoms with E-state index in [4.69, 9.17) is 11.6 Å². The summed E-state index contributed by atoms with van der Waals surface area (Å²) < 4.78 is 1.42. The molecule has 1 N–H and O–H groups in total. The van der Waals surface area contributed by atoms with Gasteiger partial charge >= 0.3 is 0 Å². The molecule has 0 unspecified atom stereocenters. The Hall–Kier alpha value is -4.75. The monoisotopic (exact) mass is 536 g/mol. The van der Waals surface area contributed by atoms with Crippen molar-refractivity contribution in [3.05, 3.63) is 147 Å². The van der Waals surface area contributed by atoms with Gasteiger partial charge in [0.05, 0.1) is 21.3 Å². The minimum absolute atomic E-state index is 0.0952. The molecule has 0 atom stereocenters. The van der Waals surface area contributed by atoms with Crippen LogP contribution in [0.2, 0.25) is 5.02 Å². The number of halogens is 1. The smallest absolute Gasteiger partial charge is 0.271 e. The molecule has 0 aliphatic heterocycles. The van der Waals surface area contributed by atoms with E-state index in [0.717, 1.165) is 0 Å². The fourth-order valence-corrected chi connectivity index (χ4v) is 4.83. The Morgan fingerprint density at radius 2 is 1.51 bits per heavy atom. The molecule has 5 aromatic rings. The van der Waals surface area contributed by atoms with Gasteiger partial charge < -0.3 is 5.32 Å². The number of non-ortho nitro benzene ring substituents is 1. The van der Waals surface area contributed by atoms with Crippen LogP contribution in [-0.4, -0.2) is 27.2 Å². The standard InChI is InChI=1S/C31H25ClN4O3/c32-28-17-8-7-16-27(28)29-21-30(35(34-29)24-14-9-15-25(20-24)36(38)39)31(37)33-19-18-26(22-10-3-1-4-11-22)23-12-5-2-6-13-23/h1-17,20-21,26H,18-19H2,(H,33,37). The molecule has 5 rings (SSSR count). The topological polar surface area (TPSA) is 90.1 Å². The van der Waals surface area contributed by atoms with Crippen LogP contribution >= 0.6 is 11.6 Å². The molecule has 194 valence electrons. The van der Waals surface area contributed by atoms with Gasteiger partial charge in [-0.05, 0) is 35.7 Å². The predicted octanol–water partition coefficient (Wildman–Crippen LogP) is 7.05. The molecule has 0 aliphatic rings. The summed E-state index contributed by atoms with van der Waals surface area (Å²) in [7, 11) is 0. The third-order valence-electron chi connectivity index (χ3n) is 6.50. The van der Waals surface area contributed by atoms with Crippen molar-refractivity contribution in [2.24, 2.45) is 0 Å². The summed E-state index contributed by atoms with van der Waals surface area (Å²) in [5.74, 6) is -0.236. The Morgan fingerprint density at radius 3 is 2.15 bits per heavy atom. The number of benzene rings is 4. The molecular formula is C31H25ClN4O3. The first kappa shape index (κ1) is 25.9. The minimum Gasteiger partial charge on any atom is -0.351 e. The van der Waals surface area contributed by atoms with Crippen molar-refractivity contribution in [2.45, 2.75) is 12.3 Å². The maximum Gasteiger partial charge on any atom is 0.271 e. The molecule has 39 heavy (non-hydrogen) atoms. The number of nitrogens with zero attached hydrogens (tertiary/aromatic N) is 3. The van der Waals surface area contributed by atoms with Crippen molar-refractivity contribution in [2.75, 3.05) is 6.54 Å². The number of rotatable bonds is 9. The molecule has 0 aliphatic carbocycles. The quantitative estimate of drug-likeness (QED) is 0.161. The molecule has 0 bridgehead atoms. The van der Waals surface area contributed by atoms with E-state index in [1.165, 1.54) is 27.9 Å². The minimum atomic E-state index is -0.477. The van der Waals surface area contributed by atoms with Crippen LogP contribution in [-0.2, 0) is 0 Å². The largest absolute Gasteiger partial charge is 0.351 e. The Bertz CT molecular complexity index is 1560. The number of nitro groups is 1. The highest BCUT2D eigenvalue weighted by Gasteiger charge is 2.21. The predicted molar refractivity (Wildman–Crippen MR) is 152 cm³/mol. The van der Waals surface area contributed by atoms with Gasteiger partial charge in [0, 0.05) is 30.2 Å². The van der Waals surface area contributed by atoms with Gasteiger partial charge in [-0.1, -0.05) is 96.5 Å². The molecule has 1 amide bonds. The van der Waals surface area contributed by atoms with Crippen LogP contribution < -0.4 is 5.32 Å². The molecule has 0 saturated carbocycles. The molecule has 1 heterocycles. The number of nitrogens with one attached hydrogen (secondary N) is 1. The van der Waals surface area contributed by atoms with Crippen molar-refractivity contribution >= 4 is 23.2 Å². The highest BCUT2D eigenvalue weighted by molar-refractivity contribution is 6.33. The molecule has 0 saturated heterocycles. The van der Waals surface area contributed by atoms with E-state index < -0.39 is 4.92 Å². The number of hydrogen-bond acceptors (Lipinski definition) is 4. The van der Waals surface area contributed by atoms with Crippen LogP contribution in [0, 0.1) is 10.1 Å². The summed E-state index contributed by atoms with van der Waals surface area (Å²) in [6.45, 7) is 0.412. The number of nitro benzene ring substituents is 1. The second kappa shape index (κ2) is 11.8. The zero-order chi connectivity index (χ0) is 27.2. The van der Waals surface area contributed by atoms with Crippen LogP contribution in [0.15, 0.2) is 115 Å². The number of carbonyl (C=O) groups excluding carboxylic acids is 1. The fraction of sp³-hybridized carbons (Fsp3) is 0.0968. The molecule has 7 nitrogen and oxygen atoms in total. The lowest BCUT2D eigenvalue weighted by molar-refractivity contribution is -0.384. The van der Waals surface area contributed by atoms with Gasteiger partial charge in [-0.25, -0.2) is 4.68 Å². The lowest BCUT2D eigenvalue weighted by atomic mass is 9.88. The normalized spacial score (nSPS) is 10.9. The molecule has 0 spiro atoms. The number of aromatic nitrogens is 2. The van der Waals surface area contributed by atoms with E-state index in [2.05, 4.69) is 34.7 Å². The molecule has 0 fully saturated rings. The lowest BCUT2D eigenvalue weighted by Gasteiger charge is -2.18. The van der Waals surface area contributed by atoms with E-state index in [-0.39, 0.29) is 23.2 Å². The van der Waals surface area contributed by atoms with Crippen LogP contribution in [0.1, 0.15) is 34.0 Å². The maximum absolute atomic E-state index is 13.5. The summed E-state index contributed by atoms with van der Waals surface area (Å²) >= 11 is 6.41. The lowest BCUT2D eigenvalue weighted by Crippen LogP contribution is -2.28. The van der Waals surface area contributed by atoms with Crippen molar-refractivity contribution in [3.63, 3.8) is 0 Å². The van der Waals surface area contributed by atoms with Crippen LogP contribution in [0.3, 0.4) is 0 Å². The first-order valence-corrected chi connectivity index (χ1v) is 12.9. The first-order chi connectivity index (χ1) is 19.0. The summed E-state index contributed by atoms with van der Waals surface area (Å²) in [6.07, 6.45) is 0.683. The summed E-state index contributed by atoms with van der Waals surface area (Å²) in [5.41, 5.74) is 4.04. The number of carbonyl (C=O) groups is 1. The molecule has 1 aromatic heterocycles. The van der Waals surface area contributed by atoms with Gasteiger partial charge in [0.25, 0.3) is 11.6 Å². The van der Waals surface area contributed by atoms with Crippen LogP contribution in [0.4, 0.5) is 5.69 Å². The van der Waals surface area contributed by atoms with E-state index in [9.17, 15) is 14.9 Å². The molecule has 8 heteroatoms. The molecule has 4 aromatic carbocycles. The summed E-state index contributed by atoms with van der Waals surface area (Å²) in [4.78, 5) is 24.4. The second-order valence-electron chi connectivity index (χ2n) is 9.00. The summed E-state index contributed by atoms with van der Waals surface area (Å²) in [6, 6.07) is 35.3. The number of hydrogen-bond donors (Lipinski definition) is 1. The van der Waals surface area contributed by atoms with Gasteiger partial charge in [-0.3, -0.25) is 14.9 Å². The van der Waals surface area contributed by atoms with Gasteiger partial charge in [0.2, 0.25) is 0 Å². The Balaban J connectivity index is 1.44. The Kier molecular flexibility index (Phi) is 7.80. The van der Waals surface area contributed by atoms with Gasteiger partial charge in [0.15, 0.2) is 0 Å². The van der Waals surface area contributed by atoms with E-state index >= 15 is 0 Å². The molecular weight excluding hydrogens is 512 g/mol. The van der Waals surface area contributed by atoms with Gasteiger partial charge in [-0.15, -0.1) is 0 Å². The Morgan fingerprint density at radius 1 is 0.872 bits per heavy atom. The Labute approximate surface area is 230 Å². The van der Waals surface area contributed by atoms with Crippen molar-refractivity contribution in [1.29, 1.82) is 0 Å². The average Bonchev–Trinajstić information content (AvgIpc) is 3.42. The second-order valence-corrected chi connectivity index (χ2v) is 9.41. The van der Waals surface area contributed by atoms with E-state index in [1.807, 2.05) is 54.6 Å². The first-order valence-electron chi connectivity index (χ1n) is 12.5. The third kappa shape index (κ3) is 5.89. The van der Waals surface area contributed by atoms with E-state index in [0.29, 0.717) is 34.9 Å². The third-order valence-corrected chi connectivity index (χ3v) is 6.83. The van der Waals surface area contributed by atoms with Gasteiger partial charge in [-0.2, -0.15) is 5.10 Å². The highest BCUT2D eigenvalue weighted by atomic mass is 35.5. The van der Waals surface area contributed by atoms with Crippen LogP contribution in [0.5, 0.6) is 0 Å². The van der Waals surface area contributed by atoms with Crippen LogP contribution in [0.25, 0.3) is 16.9 Å². The van der Waals surface area contributed by atoms with E-state index in [1.54, 1.807) is 24.3 Å². The SMILES string of the molecule is O=C(NCCC(c1ccccc1)c1ccccc1)c1cc(-c2ccccc2Cl)nn1-c1cccc([N+](=O)[O-])c1.